The molecular formula is C20H27N5O. The molecule has 1 fully saturated rings. The van der Waals surface area contributed by atoms with Gasteiger partial charge in [0.2, 0.25) is 0 Å². The number of amidine groups is 1. The van der Waals surface area contributed by atoms with E-state index in [9.17, 15) is 5.11 Å². The molecule has 1 unspecified atom stereocenters. The van der Waals surface area contributed by atoms with Gasteiger partial charge in [0.25, 0.3) is 0 Å². The molecule has 0 aliphatic carbocycles. The normalized spacial score (nSPS) is 22.3. The van der Waals surface area contributed by atoms with Crippen molar-refractivity contribution in [3.05, 3.63) is 46.5 Å². The third kappa shape index (κ3) is 3.91. The van der Waals surface area contributed by atoms with Gasteiger partial charge in [-0.2, -0.15) is 0 Å². The van der Waals surface area contributed by atoms with Gasteiger partial charge in [0.1, 0.15) is 11.6 Å². The molecule has 0 spiro atoms. The summed E-state index contributed by atoms with van der Waals surface area (Å²) < 4.78 is 0. The number of phenolic OH excluding ortho intramolecular Hbond substituents is 1. The van der Waals surface area contributed by atoms with Crippen molar-refractivity contribution in [3.63, 3.8) is 0 Å². The number of likely N-dealkylation sites (N-methyl/N-ethyl adjacent to an activating group) is 1. The van der Waals surface area contributed by atoms with Crippen molar-refractivity contribution in [3.8, 4) is 5.75 Å². The first-order valence-electron chi connectivity index (χ1n) is 8.91. The van der Waals surface area contributed by atoms with Crippen molar-refractivity contribution in [1.29, 1.82) is 0 Å². The number of hydrogen-bond donors (Lipinski definition) is 4. The van der Waals surface area contributed by atoms with Crippen molar-refractivity contribution in [1.82, 2.24) is 4.90 Å². The molecule has 26 heavy (non-hydrogen) atoms. The van der Waals surface area contributed by atoms with Crippen LogP contribution in [0.2, 0.25) is 0 Å². The number of benzene rings is 1. The maximum absolute atomic E-state index is 10.6. The molecule has 1 aromatic rings. The zero-order chi connectivity index (χ0) is 18.7. The van der Waals surface area contributed by atoms with E-state index in [2.05, 4.69) is 22.3 Å². The minimum absolute atomic E-state index is 0.137. The smallest absolute Gasteiger partial charge is 0.148 e. The molecule has 6 N–H and O–H groups in total. The highest BCUT2D eigenvalue weighted by Crippen LogP contribution is 2.17. The molecule has 0 bridgehead atoms. The molecule has 2 aliphatic rings. The van der Waals surface area contributed by atoms with Gasteiger partial charge in [0.15, 0.2) is 0 Å². The number of nitrogens with zero attached hydrogens (tertiary/aromatic N) is 2. The van der Waals surface area contributed by atoms with E-state index in [-0.39, 0.29) is 11.8 Å². The zero-order valence-electron chi connectivity index (χ0n) is 15.4. The second kappa shape index (κ2) is 7.66. The van der Waals surface area contributed by atoms with E-state index < -0.39 is 0 Å². The summed E-state index contributed by atoms with van der Waals surface area (Å²) in [6.45, 7) is 3.91. The first-order chi connectivity index (χ1) is 12.5. The van der Waals surface area contributed by atoms with Crippen LogP contribution in [0.15, 0.2) is 41.1 Å². The van der Waals surface area contributed by atoms with Crippen LogP contribution in [-0.2, 0) is 0 Å². The predicted octanol–water partition coefficient (Wildman–Crippen LogP) is 0.577. The van der Waals surface area contributed by atoms with Gasteiger partial charge in [-0.1, -0.05) is 12.1 Å². The average Bonchev–Trinajstić information content (AvgIpc) is 2.61. The van der Waals surface area contributed by atoms with Gasteiger partial charge in [-0.3, -0.25) is 4.99 Å². The largest absolute Gasteiger partial charge is 0.505 e. The summed E-state index contributed by atoms with van der Waals surface area (Å²) in [6.07, 6.45) is 9.56. The molecule has 1 atom stereocenters. The summed E-state index contributed by atoms with van der Waals surface area (Å²) >= 11 is 0. The number of anilines is 1. The Morgan fingerprint density at radius 2 is 2.19 bits per heavy atom. The van der Waals surface area contributed by atoms with Crippen molar-refractivity contribution < 1.29 is 5.11 Å². The third-order valence-electron chi connectivity index (χ3n) is 4.82. The number of hydrogen-bond acceptors (Lipinski definition) is 5. The number of nitrogens with two attached hydrogens (primary N) is 2. The number of rotatable bonds is 3. The van der Waals surface area contributed by atoms with Crippen molar-refractivity contribution >= 4 is 23.3 Å². The minimum Gasteiger partial charge on any atom is -0.505 e. The lowest BCUT2D eigenvalue weighted by molar-refractivity contribution is 0.253. The molecule has 1 saturated heterocycles. The molecule has 0 radical (unpaired) electrons. The zero-order valence-corrected chi connectivity index (χ0v) is 15.4. The van der Waals surface area contributed by atoms with Crippen molar-refractivity contribution in [2.45, 2.75) is 25.8 Å². The van der Waals surface area contributed by atoms with Gasteiger partial charge in [-0.25, -0.2) is 0 Å². The van der Waals surface area contributed by atoms with E-state index in [1.807, 2.05) is 31.2 Å². The van der Waals surface area contributed by atoms with Crippen LogP contribution in [0.5, 0.6) is 5.75 Å². The summed E-state index contributed by atoms with van der Waals surface area (Å²) in [6, 6.07) is 3.97. The van der Waals surface area contributed by atoms with Crippen LogP contribution >= 0.6 is 0 Å². The van der Waals surface area contributed by atoms with E-state index >= 15 is 0 Å². The van der Waals surface area contributed by atoms with Crippen molar-refractivity contribution in [2.75, 3.05) is 25.5 Å². The highest BCUT2D eigenvalue weighted by Gasteiger charge is 2.16. The molecule has 0 aromatic heterocycles. The number of likely N-dealkylation sites (tertiary alicyclic amines) is 1. The predicted molar refractivity (Wildman–Crippen MR) is 108 cm³/mol. The summed E-state index contributed by atoms with van der Waals surface area (Å²) in [5.74, 6) is 0.607. The highest BCUT2D eigenvalue weighted by molar-refractivity contribution is 5.94. The molecule has 138 valence electrons. The van der Waals surface area contributed by atoms with Crippen LogP contribution in [0.4, 0.5) is 5.69 Å². The van der Waals surface area contributed by atoms with E-state index in [0.29, 0.717) is 22.4 Å². The number of fused-ring (bicyclic) bond motifs is 1. The fraction of sp³-hybridized carbons (Fsp3) is 0.350. The lowest BCUT2D eigenvalue weighted by Gasteiger charge is -2.27. The number of aromatic hydroxyl groups is 1. The van der Waals surface area contributed by atoms with Crippen LogP contribution in [0.3, 0.4) is 0 Å². The molecule has 2 aliphatic heterocycles. The lowest BCUT2D eigenvalue weighted by atomic mass is 10.1. The Labute approximate surface area is 153 Å². The minimum atomic E-state index is 0.137. The van der Waals surface area contributed by atoms with Gasteiger partial charge >= 0.3 is 0 Å². The Bertz CT molecular complexity index is 898. The number of aliphatic imine (C=N–C) groups is 1. The lowest BCUT2D eigenvalue weighted by Crippen LogP contribution is -2.35. The standard InChI is InChI=1S/C20H27N5O/c1-13(11-17(21)24-15-6-4-10-25(2)12-15)18(22)16-8-7-14-5-3-9-23-19(14)20(16)26/h3,5,7-9,11,15,23,26H,4,6,10,12,22H2,1-2H3,(H2,21,24). The molecule has 2 heterocycles. The number of nitrogens with one attached hydrogen (secondary N) is 1. The number of allylic oxidation sites excluding steroid dienone is 1. The van der Waals surface area contributed by atoms with Gasteiger partial charge in [-0.15, -0.1) is 0 Å². The second-order valence-electron chi connectivity index (χ2n) is 6.95. The Balaban J connectivity index is 1.90. The fourth-order valence-electron chi connectivity index (χ4n) is 3.40. The molecule has 0 amide bonds. The summed E-state index contributed by atoms with van der Waals surface area (Å²) in [4.78, 5) is 6.88. The summed E-state index contributed by atoms with van der Waals surface area (Å²) in [5, 5.41) is 15.1. The van der Waals surface area contributed by atoms with Gasteiger partial charge in [0.05, 0.1) is 11.7 Å². The fourth-order valence-corrected chi connectivity index (χ4v) is 3.40. The summed E-state index contributed by atoms with van der Waals surface area (Å²) in [5.41, 5.74) is 14.3. The number of phenols is 1. The van der Waals surface area contributed by atoms with Crippen molar-refractivity contribution in [2.24, 2.45) is 16.5 Å². The first kappa shape index (κ1) is 18.1. The van der Waals surface area contributed by atoms with Gasteiger partial charge < -0.3 is 26.8 Å². The van der Waals surface area contributed by atoms with Gasteiger partial charge in [-0.05, 0) is 57.1 Å². The molecule has 3 rings (SSSR count). The Kier molecular flexibility index (Phi) is 5.32. The molecule has 1 aromatic carbocycles. The monoisotopic (exact) mass is 353 g/mol. The number of piperidine rings is 1. The maximum atomic E-state index is 10.6. The molecule has 6 nitrogen and oxygen atoms in total. The van der Waals surface area contributed by atoms with E-state index in [0.717, 1.165) is 36.7 Å². The Hall–Kier alpha value is -2.73. The first-order valence-corrected chi connectivity index (χ1v) is 8.91. The Morgan fingerprint density at radius 1 is 1.38 bits per heavy atom. The van der Waals surface area contributed by atoms with Crippen LogP contribution in [0.1, 0.15) is 19.8 Å². The van der Waals surface area contributed by atoms with E-state index in [4.69, 9.17) is 11.5 Å². The second-order valence-corrected chi connectivity index (χ2v) is 6.95. The Morgan fingerprint density at radius 3 is 2.96 bits per heavy atom. The van der Waals surface area contributed by atoms with E-state index in [1.54, 1.807) is 12.3 Å². The topological polar surface area (TPSA) is 99.9 Å². The average molecular weight is 353 g/mol. The SMILES string of the molecule is CC(=CC(N)=NC1CCCN(C)C1)C(N)=c1ccc2c(c1O)NC=CC=2. The highest BCUT2D eigenvalue weighted by atomic mass is 16.3. The molecule has 6 heteroatoms. The van der Waals surface area contributed by atoms with Crippen LogP contribution in [0.25, 0.3) is 11.8 Å². The quantitative estimate of drug-likeness (QED) is 0.362. The summed E-state index contributed by atoms with van der Waals surface area (Å²) in [7, 11) is 2.10. The van der Waals surface area contributed by atoms with Crippen LogP contribution in [-0.4, -0.2) is 42.0 Å². The van der Waals surface area contributed by atoms with Gasteiger partial charge in [0, 0.05) is 28.9 Å². The maximum Gasteiger partial charge on any atom is 0.148 e. The van der Waals surface area contributed by atoms with E-state index in [1.165, 1.54) is 0 Å². The third-order valence-corrected chi connectivity index (χ3v) is 4.82. The van der Waals surface area contributed by atoms with Crippen LogP contribution < -0.4 is 27.2 Å². The molecular weight excluding hydrogens is 326 g/mol. The molecule has 0 saturated carbocycles. The van der Waals surface area contributed by atoms with Crippen LogP contribution in [0, 0.1) is 0 Å².